The Morgan fingerprint density at radius 1 is 1.21 bits per heavy atom. The van der Waals surface area contributed by atoms with Crippen molar-refractivity contribution in [1.82, 2.24) is 0 Å². The number of amides is 1. The van der Waals surface area contributed by atoms with Crippen molar-refractivity contribution >= 4 is 17.3 Å². The van der Waals surface area contributed by atoms with Gasteiger partial charge in [-0.1, -0.05) is 30.3 Å². The van der Waals surface area contributed by atoms with Gasteiger partial charge in [0, 0.05) is 5.69 Å². The molecule has 1 unspecified atom stereocenters. The predicted molar refractivity (Wildman–Crippen MR) is 74.3 cm³/mol. The molecule has 4 heteroatoms. The highest BCUT2D eigenvalue weighted by molar-refractivity contribution is 5.96. The Labute approximate surface area is 111 Å². The van der Waals surface area contributed by atoms with E-state index in [1.54, 1.807) is 6.92 Å². The van der Waals surface area contributed by atoms with Gasteiger partial charge in [0.25, 0.3) is 0 Å². The number of anilines is 2. The first kappa shape index (κ1) is 13.1. The van der Waals surface area contributed by atoms with E-state index < -0.39 is 5.82 Å². The number of carbonyl (C=O) groups excluding carboxylic acids is 1. The summed E-state index contributed by atoms with van der Waals surface area (Å²) in [4.78, 5) is 12.1. The van der Waals surface area contributed by atoms with Crippen molar-refractivity contribution in [3.63, 3.8) is 0 Å². The van der Waals surface area contributed by atoms with Crippen LogP contribution in [0.5, 0.6) is 0 Å². The Balaban J connectivity index is 2.15. The molecule has 0 bridgehead atoms. The first-order chi connectivity index (χ1) is 9.08. The maximum absolute atomic E-state index is 13.5. The highest BCUT2D eigenvalue weighted by Gasteiger charge is 2.16. The number of hydrogen-bond acceptors (Lipinski definition) is 2. The van der Waals surface area contributed by atoms with Crippen molar-refractivity contribution in [3.05, 3.63) is 59.9 Å². The molecule has 0 aromatic heterocycles. The average molecular weight is 258 g/mol. The molecule has 98 valence electrons. The quantitative estimate of drug-likeness (QED) is 0.831. The minimum absolute atomic E-state index is 0.104. The van der Waals surface area contributed by atoms with Gasteiger partial charge in [-0.15, -0.1) is 0 Å². The summed E-state index contributed by atoms with van der Waals surface area (Å²) in [5.41, 5.74) is 6.96. The first-order valence-electron chi connectivity index (χ1n) is 5.99. The van der Waals surface area contributed by atoms with Crippen LogP contribution in [0.4, 0.5) is 15.8 Å². The molecular formula is C15H15FN2O. The maximum Gasteiger partial charge on any atom is 0.231 e. The second-order valence-electron chi connectivity index (χ2n) is 4.36. The van der Waals surface area contributed by atoms with Crippen molar-refractivity contribution in [2.75, 3.05) is 11.1 Å². The van der Waals surface area contributed by atoms with Crippen LogP contribution in [0.3, 0.4) is 0 Å². The number of rotatable bonds is 3. The van der Waals surface area contributed by atoms with Crippen LogP contribution in [0, 0.1) is 5.82 Å². The lowest BCUT2D eigenvalue weighted by atomic mass is 10.0. The van der Waals surface area contributed by atoms with Gasteiger partial charge in [0.05, 0.1) is 11.6 Å². The Morgan fingerprint density at radius 2 is 1.89 bits per heavy atom. The van der Waals surface area contributed by atoms with Crippen LogP contribution >= 0.6 is 0 Å². The van der Waals surface area contributed by atoms with E-state index >= 15 is 0 Å². The van der Waals surface area contributed by atoms with Crippen molar-refractivity contribution in [1.29, 1.82) is 0 Å². The largest absolute Gasteiger partial charge is 0.399 e. The van der Waals surface area contributed by atoms with E-state index in [2.05, 4.69) is 5.32 Å². The van der Waals surface area contributed by atoms with Crippen molar-refractivity contribution < 1.29 is 9.18 Å². The van der Waals surface area contributed by atoms with Gasteiger partial charge >= 0.3 is 0 Å². The van der Waals surface area contributed by atoms with Gasteiger partial charge in [0.15, 0.2) is 0 Å². The molecule has 2 rings (SSSR count). The van der Waals surface area contributed by atoms with E-state index in [0.717, 1.165) is 5.56 Å². The molecule has 0 spiro atoms. The number of nitrogens with two attached hydrogens (primary N) is 1. The van der Waals surface area contributed by atoms with E-state index in [0.29, 0.717) is 5.69 Å². The van der Waals surface area contributed by atoms with Gasteiger partial charge in [-0.3, -0.25) is 4.79 Å². The molecule has 1 amide bonds. The summed E-state index contributed by atoms with van der Waals surface area (Å²) in [5, 5.41) is 2.56. The SMILES string of the molecule is CC(C(=O)Nc1cc(N)ccc1F)c1ccccc1. The molecule has 0 saturated heterocycles. The molecule has 0 aliphatic carbocycles. The number of nitrogen functional groups attached to an aromatic ring is 1. The van der Waals surface area contributed by atoms with Gasteiger partial charge in [0.1, 0.15) is 5.82 Å². The average Bonchev–Trinajstić information content (AvgIpc) is 2.43. The van der Waals surface area contributed by atoms with Crippen LogP contribution in [0.25, 0.3) is 0 Å². The highest BCUT2D eigenvalue weighted by atomic mass is 19.1. The first-order valence-corrected chi connectivity index (χ1v) is 5.99. The van der Waals surface area contributed by atoms with E-state index in [4.69, 9.17) is 5.73 Å². The zero-order chi connectivity index (χ0) is 13.8. The van der Waals surface area contributed by atoms with E-state index in [9.17, 15) is 9.18 Å². The number of nitrogens with one attached hydrogen (secondary N) is 1. The Morgan fingerprint density at radius 3 is 2.58 bits per heavy atom. The van der Waals surface area contributed by atoms with Crippen molar-refractivity contribution in [2.24, 2.45) is 0 Å². The molecule has 0 aliphatic heterocycles. The number of halogens is 1. The molecule has 19 heavy (non-hydrogen) atoms. The van der Waals surface area contributed by atoms with E-state index in [1.165, 1.54) is 18.2 Å². The van der Waals surface area contributed by atoms with Gasteiger partial charge in [-0.2, -0.15) is 0 Å². The predicted octanol–water partition coefficient (Wildman–Crippen LogP) is 3.15. The summed E-state index contributed by atoms with van der Waals surface area (Å²) in [6, 6.07) is 13.4. The molecule has 2 aromatic rings. The maximum atomic E-state index is 13.5. The van der Waals surface area contributed by atoms with Crippen LogP contribution in [-0.4, -0.2) is 5.91 Å². The van der Waals surface area contributed by atoms with Crippen LogP contribution < -0.4 is 11.1 Å². The van der Waals surface area contributed by atoms with Crippen molar-refractivity contribution in [2.45, 2.75) is 12.8 Å². The standard InChI is InChI=1S/C15H15FN2O/c1-10(11-5-3-2-4-6-11)15(19)18-14-9-12(17)7-8-13(14)16/h2-10H,17H2,1H3,(H,18,19). The molecule has 2 aromatic carbocycles. The molecule has 0 fully saturated rings. The van der Waals surface area contributed by atoms with E-state index in [1.807, 2.05) is 30.3 Å². The second-order valence-corrected chi connectivity index (χ2v) is 4.36. The monoisotopic (exact) mass is 258 g/mol. The number of benzene rings is 2. The lowest BCUT2D eigenvalue weighted by molar-refractivity contribution is -0.117. The Kier molecular flexibility index (Phi) is 3.80. The normalized spacial score (nSPS) is 11.9. The highest BCUT2D eigenvalue weighted by Crippen LogP contribution is 2.21. The van der Waals surface area contributed by atoms with Crippen LogP contribution in [0.1, 0.15) is 18.4 Å². The van der Waals surface area contributed by atoms with E-state index in [-0.39, 0.29) is 17.5 Å². The third-order valence-corrected chi connectivity index (χ3v) is 2.94. The second kappa shape index (κ2) is 5.52. The van der Waals surface area contributed by atoms with Crippen molar-refractivity contribution in [3.8, 4) is 0 Å². The van der Waals surface area contributed by atoms with Gasteiger partial charge in [-0.05, 0) is 30.7 Å². The third-order valence-electron chi connectivity index (χ3n) is 2.94. The fourth-order valence-corrected chi connectivity index (χ4v) is 1.77. The molecule has 3 N–H and O–H groups in total. The zero-order valence-corrected chi connectivity index (χ0v) is 10.6. The molecule has 3 nitrogen and oxygen atoms in total. The van der Waals surface area contributed by atoms with Crippen LogP contribution in [-0.2, 0) is 4.79 Å². The summed E-state index contributed by atoms with van der Waals surface area (Å²) in [5.74, 6) is -1.12. The minimum Gasteiger partial charge on any atom is -0.399 e. The fourth-order valence-electron chi connectivity index (χ4n) is 1.77. The molecule has 0 radical (unpaired) electrons. The number of carbonyl (C=O) groups is 1. The smallest absolute Gasteiger partial charge is 0.231 e. The lowest BCUT2D eigenvalue weighted by Gasteiger charge is -2.13. The lowest BCUT2D eigenvalue weighted by Crippen LogP contribution is -2.19. The Hall–Kier alpha value is -2.36. The summed E-state index contributed by atoms with van der Waals surface area (Å²) >= 11 is 0. The third kappa shape index (κ3) is 3.10. The molecule has 1 atom stereocenters. The van der Waals surface area contributed by atoms with Crippen LogP contribution in [0.2, 0.25) is 0 Å². The van der Waals surface area contributed by atoms with Crippen LogP contribution in [0.15, 0.2) is 48.5 Å². The molecular weight excluding hydrogens is 243 g/mol. The summed E-state index contributed by atoms with van der Waals surface area (Å²) in [6.07, 6.45) is 0. The summed E-state index contributed by atoms with van der Waals surface area (Å²) in [7, 11) is 0. The fraction of sp³-hybridized carbons (Fsp3) is 0.133. The van der Waals surface area contributed by atoms with Gasteiger partial charge in [-0.25, -0.2) is 4.39 Å². The molecule has 0 heterocycles. The summed E-state index contributed by atoms with van der Waals surface area (Å²) < 4.78 is 13.5. The minimum atomic E-state index is -0.497. The zero-order valence-electron chi connectivity index (χ0n) is 10.6. The Bertz CT molecular complexity index is 584. The van der Waals surface area contributed by atoms with Gasteiger partial charge in [0.2, 0.25) is 5.91 Å². The summed E-state index contributed by atoms with van der Waals surface area (Å²) in [6.45, 7) is 1.77. The number of hydrogen-bond donors (Lipinski definition) is 2. The molecule has 0 aliphatic rings. The molecule has 0 saturated carbocycles. The topological polar surface area (TPSA) is 55.1 Å². The van der Waals surface area contributed by atoms with Gasteiger partial charge < -0.3 is 11.1 Å².